The minimum Gasteiger partial charge on any atom is -0.309 e. The summed E-state index contributed by atoms with van der Waals surface area (Å²) in [6, 6.07) is 0. The number of halogens is 1. The fraction of sp³-hybridized carbons (Fsp3) is 0.750. The van der Waals surface area contributed by atoms with Gasteiger partial charge in [0.05, 0.1) is 19.4 Å². The van der Waals surface area contributed by atoms with Crippen LogP contribution in [0.4, 0.5) is 0 Å². The molecule has 0 aliphatic carbocycles. The van der Waals surface area contributed by atoms with Gasteiger partial charge in [0.15, 0.2) is 0 Å². The highest BCUT2D eigenvalue weighted by Crippen LogP contribution is 2.50. The second-order valence-corrected chi connectivity index (χ2v) is 5.41. The van der Waals surface area contributed by atoms with Crippen molar-refractivity contribution >= 4 is 23.5 Å². The van der Waals surface area contributed by atoms with Crippen LogP contribution in [0.1, 0.15) is 20.8 Å². The second kappa shape index (κ2) is 6.77. The predicted molar refractivity (Wildman–Crippen MR) is 58.4 cm³/mol. The van der Waals surface area contributed by atoms with Gasteiger partial charge in [-0.3, -0.25) is 4.57 Å². The van der Waals surface area contributed by atoms with Gasteiger partial charge in [-0.1, -0.05) is 22.0 Å². The van der Waals surface area contributed by atoms with E-state index in [0.29, 0.717) is 19.4 Å². The lowest BCUT2D eigenvalue weighted by Gasteiger charge is -2.16. The molecule has 0 saturated carbocycles. The summed E-state index contributed by atoms with van der Waals surface area (Å²) in [5, 5.41) is 0. The van der Waals surface area contributed by atoms with Crippen LogP contribution in [0.5, 0.6) is 0 Å². The van der Waals surface area contributed by atoms with Crippen LogP contribution in [0.2, 0.25) is 0 Å². The number of allylic oxidation sites excluding steroid dienone is 2. The van der Waals surface area contributed by atoms with Crippen molar-refractivity contribution in [1.82, 2.24) is 0 Å². The van der Waals surface area contributed by atoms with Crippen molar-refractivity contribution < 1.29 is 13.6 Å². The standard InChI is InChI=1S/C8H16BrO3P/c1-4-8(9)7-13(10,11-5-2)12-6-3/h4H,5-7H2,1-3H3/b8-4-. The quantitative estimate of drug-likeness (QED) is 0.693. The van der Waals surface area contributed by atoms with Gasteiger partial charge in [-0.05, 0) is 20.8 Å². The molecule has 0 aromatic rings. The molecular formula is C8H16BrO3P. The summed E-state index contributed by atoms with van der Waals surface area (Å²) in [4.78, 5) is 0. The van der Waals surface area contributed by atoms with E-state index < -0.39 is 7.60 Å². The van der Waals surface area contributed by atoms with Gasteiger partial charge in [-0.25, -0.2) is 0 Å². The van der Waals surface area contributed by atoms with Gasteiger partial charge in [0.2, 0.25) is 0 Å². The van der Waals surface area contributed by atoms with Crippen LogP contribution in [0.3, 0.4) is 0 Å². The molecule has 0 atom stereocenters. The van der Waals surface area contributed by atoms with Crippen LogP contribution >= 0.6 is 23.5 Å². The van der Waals surface area contributed by atoms with E-state index >= 15 is 0 Å². The molecule has 0 aromatic heterocycles. The highest BCUT2D eigenvalue weighted by atomic mass is 79.9. The molecule has 13 heavy (non-hydrogen) atoms. The first-order valence-electron chi connectivity index (χ1n) is 4.26. The summed E-state index contributed by atoms with van der Waals surface area (Å²) in [5.41, 5.74) is 0. The molecule has 0 radical (unpaired) electrons. The van der Waals surface area contributed by atoms with Crippen molar-refractivity contribution in [3.63, 3.8) is 0 Å². The van der Waals surface area contributed by atoms with Gasteiger partial charge < -0.3 is 9.05 Å². The first-order valence-corrected chi connectivity index (χ1v) is 6.78. The van der Waals surface area contributed by atoms with Crippen molar-refractivity contribution in [2.24, 2.45) is 0 Å². The fourth-order valence-corrected chi connectivity index (χ4v) is 3.32. The Hall–Kier alpha value is 0.370. The zero-order valence-electron chi connectivity index (χ0n) is 8.25. The number of hydrogen-bond donors (Lipinski definition) is 0. The van der Waals surface area contributed by atoms with Crippen LogP contribution in [0.25, 0.3) is 0 Å². The molecular weight excluding hydrogens is 255 g/mol. The highest BCUT2D eigenvalue weighted by Gasteiger charge is 2.23. The molecule has 0 unspecified atom stereocenters. The van der Waals surface area contributed by atoms with Gasteiger partial charge >= 0.3 is 7.60 Å². The van der Waals surface area contributed by atoms with Crippen molar-refractivity contribution in [2.45, 2.75) is 20.8 Å². The second-order valence-electron chi connectivity index (χ2n) is 2.34. The minimum absolute atomic E-state index is 0.311. The Morgan fingerprint density at radius 1 is 1.38 bits per heavy atom. The average Bonchev–Trinajstić information content (AvgIpc) is 2.04. The van der Waals surface area contributed by atoms with Crippen molar-refractivity contribution in [1.29, 1.82) is 0 Å². The van der Waals surface area contributed by atoms with E-state index in [4.69, 9.17) is 9.05 Å². The topological polar surface area (TPSA) is 35.5 Å². The Balaban J connectivity index is 4.32. The normalized spacial score (nSPS) is 13.4. The maximum Gasteiger partial charge on any atom is 0.335 e. The van der Waals surface area contributed by atoms with Gasteiger partial charge in [0, 0.05) is 4.48 Å². The molecule has 3 nitrogen and oxygen atoms in total. The third-order valence-electron chi connectivity index (χ3n) is 1.31. The summed E-state index contributed by atoms with van der Waals surface area (Å²) in [6.45, 7) is 6.28. The molecule has 0 rings (SSSR count). The zero-order valence-corrected chi connectivity index (χ0v) is 10.7. The van der Waals surface area contributed by atoms with Gasteiger partial charge in [-0.15, -0.1) is 0 Å². The van der Waals surface area contributed by atoms with E-state index in [1.807, 2.05) is 13.0 Å². The SMILES string of the molecule is C/C=C(\Br)CP(=O)(OCC)OCC. The van der Waals surface area contributed by atoms with Crippen LogP contribution in [0.15, 0.2) is 10.6 Å². The maximum absolute atomic E-state index is 11.9. The largest absolute Gasteiger partial charge is 0.335 e. The molecule has 0 bridgehead atoms. The van der Waals surface area contributed by atoms with Crippen LogP contribution in [-0.4, -0.2) is 19.4 Å². The molecule has 78 valence electrons. The third-order valence-corrected chi connectivity index (χ3v) is 4.51. The minimum atomic E-state index is -2.91. The molecule has 0 aliphatic rings. The lowest BCUT2D eigenvalue weighted by molar-refractivity contribution is 0.222. The first kappa shape index (κ1) is 13.4. The summed E-state index contributed by atoms with van der Waals surface area (Å²) < 4.78 is 22.9. The van der Waals surface area contributed by atoms with E-state index in [9.17, 15) is 4.57 Å². The molecule has 0 spiro atoms. The average molecular weight is 271 g/mol. The smallest absolute Gasteiger partial charge is 0.309 e. The zero-order chi connectivity index (χ0) is 10.3. The Morgan fingerprint density at radius 3 is 2.15 bits per heavy atom. The number of hydrogen-bond acceptors (Lipinski definition) is 3. The Labute approximate surface area is 88.2 Å². The van der Waals surface area contributed by atoms with E-state index in [0.717, 1.165) is 4.48 Å². The Bertz CT molecular complexity index is 205. The first-order chi connectivity index (χ1) is 6.08. The molecule has 0 fully saturated rings. The molecule has 0 heterocycles. The van der Waals surface area contributed by atoms with Crippen LogP contribution in [-0.2, 0) is 13.6 Å². The van der Waals surface area contributed by atoms with Crippen molar-refractivity contribution in [3.8, 4) is 0 Å². The molecule has 5 heteroatoms. The monoisotopic (exact) mass is 270 g/mol. The highest BCUT2D eigenvalue weighted by molar-refractivity contribution is 9.11. The summed E-state index contributed by atoms with van der Waals surface area (Å²) in [5.74, 6) is 0. The van der Waals surface area contributed by atoms with Crippen molar-refractivity contribution in [3.05, 3.63) is 10.6 Å². The maximum atomic E-state index is 11.9. The van der Waals surface area contributed by atoms with Gasteiger partial charge in [-0.2, -0.15) is 0 Å². The number of rotatable bonds is 6. The van der Waals surface area contributed by atoms with E-state index in [1.54, 1.807) is 13.8 Å². The molecule has 0 aliphatic heterocycles. The Morgan fingerprint density at radius 2 is 1.85 bits per heavy atom. The lowest BCUT2D eigenvalue weighted by Crippen LogP contribution is -1.99. The summed E-state index contributed by atoms with van der Waals surface area (Å²) >= 11 is 3.28. The van der Waals surface area contributed by atoms with E-state index in [2.05, 4.69) is 15.9 Å². The summed E-state index contributed by atoms with van der Waals surface area (Å²) in [7, 11) is -2.91. The van der Waals surface area contributed by atoms with Crippen molar-refractivity contribution in [2.75, 3.05) is 19.4 Å². The van der Waals surface area contributed by atoms with E-state index in [-0.39, 0.29) is 0 Å². The van der Waals surface area contributed by atoms with Crippen LogP contribution < -0.4 is 0 Å². The predicted octanol–water partition coefficient (Wildman–Crippen LogP) is 3.55. The van der Waals surface area contributed by atoms with Crippen LogP contribution in [0, 0.1) is 0 Å². The molecule has 0 N–H and O–H groups in total. The molecule has 0 saturated heterocycles. The third kappa shape index (κ3) is 5.63. The lowest BCUT2D eigenvalue weighted by atomic mass is 10.6. The van der Waals surface area contributed by atoms with E-state index in [1.165, 1.54) is 0 Å². The fourth-order valence-electron chi connectivity index (χ4n) is 0.798. The van der Waals surface area contributed by atoms with Gasteiger partial charge in [0.25, 0.3) is 0 Å². The summed E-state index contributed by atoms with van der Waals surface area (Å²) in [6.07, 6.45) is 2.15. The molecule has 0 aromatic carbocycles. The molecule has 0 amide bonds. The Kier molecular flexibility index (Phi) is 6.96. The van der Waals surface area contributed by atoms with Gasteiger partial charge in [0.1, 0.15) is 0 Å².